The number of anilines is 1. The zero-order valence-corrected chi connectivity index (χ0v) is 18.1. The van der Waals surface area contributed by atoms with Crippen molar-refractivity contribution in [3.05, 3.63) is 103 Å². The molecule has 5 nitrogen and oxygen atoms in total. The highest BCUT2D eigenvalue weighted by Gasteiger charge is 2.18. The van der Waals surface area contributed by atoms with E-state index in [1.807, 2.05) is 36.4 Å². The van der Waals surface area contributed by atoms with E-state index in [9.17, 15) is 0 Å². The van der Waals surface area contributed by atoms with Crippen LogP contribution in [-0.4, -0.2) is 21.6 Å². The number of hydrogen-bond donors (Lipinski definition) is 1. The number of ether oxygens (including phenoxy) is 1. The molecule has 158 valence electrons. The van der Waals surface area contributed by atoms with Crippen LogP contribution in [0.5, 0.6) is 5.75 Å². The zero-order chi connectivity index (χ0) is 21.9. The molecule has 32 heavy (non-hydrogen) atoms. The number of nitrogens with zero attached hydrogens (tertiary/aromatic N) is 3. The average Bonchev–Trinajstić information content (AvgIpc) is 3.26. The molecule has 0 radical (unpaired) electrons. The summed E-state index contributed by atoms with van der Waals surface area (Å²) in [5.41, 5.74) is 5.27. The first-order valence-electron chi connectivity index (χ1n) is 10.6. The molecule has 2 heterocycles. The van der Waals surface area contributed by atoms with Crippen LogP contribution in [0.1, 0.15) is 18.5 Å². The molecule has 0 fully saturated rings. The van der Waals surface area contributed by atoms with Crippen LogP contribution in [0.2, 0.25) is 0 Å². The fourth-order valence-corrected chi connectivity index (χ4v) is 3.98. The standard InChI is InChI=1S/C27H24N4O/c1-19(20-9-5-3-6-10-20)30-26-25-24(21-11-7-4-8-12-21)17-31(27(25)29-18-28-26)22-13-15-23(32-2)16-14-22/h3-19H,1-2H3,(H,28,29,30). The molecule has 3 aromatic carbocycles. The van der Waals surface area contributed by atoms with E-state index in [-0.39, 0.29) is 6.04 Å². The van der Waals surface area contributed by atoms with Gasteiger partial charge in [-0.05, 0) is 42.3 Å². The van der Waals surface area contributed by atoms with Gasteiger partial charge in [0.15, 0.2) is 5.65 Å². The largest absolute Gasteiger partial charge is 0.497 e. The molecule has 5 aromatic rings. The van der Waals surface area contributed by atoms with Gasteiger partial charge in [-0.1, -0.05) is 60.7 Å². The predicted octanol–water partition coefficient (Wildman–Crippen LogP) is 6.27. The topological polar surface area (TPSA) is 52.0 Å². The molecule has 5 rings (SSSR count). The van der Waals surface area contributed by atoms with Gasteiger partial charge in [-0.2, -0.15) is 0 Å². The summed E-state index contributed by atoms with van der Waals surface area (Å²) in [5.74, 6) is 1.64. The number of rotatable bonds is 6. The molecule has 0 saturated carbocycles. The molecule has 1 atom stereocenters. The molecule has 0 spiro atoms. The quantitative estimate of drug-likeness (QED) is 0.352. The normalized spacial score (nSPS) is 11.9. The van der Waals surface area contributed by atoms with E-state index in [1.54, 1.807) is 13.4 Å². The van der Waals surface area contributed by atoms with Crippen molar-refractivity contribution in [2.75, 3.05) is 12.4 Å². The summed E-state index contributed by atoms with van der Waals surface area (Å²) in [7, 11) is 1.67. The maximum Gasteiger partial charge on any atom is 0.150 e. The van der Waals surface area contributed by atoms with Gasteiger partial charge in [0.1, 0.15) is 17.9 Å². The van der Waals surface area contributed by atoms with Crippen LogP contribution in [0.25, 0.3) is 27.8 Å². The van der Waals surface area contributed by atoms with Gasteiger partial charge in [0.05, 0.1) is 12.5 Å². The van der Waals surface area contributed by atoms with E-state index in [0.29, 0.717) is 0 Å². The number of aromatic nitrogens is 3. The summed E-state index contributed by atoms with van der Waals surface area (Å²) >= 11 is 0. The SMILES string of the molecule is COc1ccc(-n2cc(-c3ccccc3)c3c(NC(C)c4ccccc4)ncnc32)cc1. The zero-order valence-electron chi connectivity index (χ0n) is 18.1. The molecule has 0 aliphatic carbocycles. The number of fused-ring (bicyclic) bond motifs is 1. The molecule has 1 unspecified atom stereocenters. The highest BCUT2D eigenvalue weighted by Crippen LogP contribution is 2.36. The monoisotopic (exact) mass is 420 g/mol. The second-order valence-electron chi connectivity index (χ2n) is 7.67. The Balaban J connectivity index is 1.67. The van der Waals surface area contributed by atoms with Crippen LogP contribution in [0, 0.1) is 0 Å². The van der Waals surface area contributed by atoms with Crippen molar-refractivity contribution >= 4 is 16.9 Å². The first-order chi connectivity index (χ1) is 15.7. The second-order valence-corrected chi connectivity index (χ2v) is 7.67. The van der Waals surface area contributed by atoms with Gasteiger partial charge < -0.3 is 14.6 Å². The summed E-state index contributed by atoms with van der Waals surface area (Å²) < 4.78 is 7.44. The summed E-state index contributed by atoms with van der Waals surface area (Å²) in [5, 5.41) is 4.61. The van der Waals surface area contributed by atoms with Crippen molar-refractivity contribution in [1.82, 2.24) is 14.5 Å². The summed E-state index contributed by atoms with van der Waals surface area (Å²) in [4.78, 5) is 9.30. The highest BCUT2D eigenvalue weighted by molar-refractivity contribution is 6.02. The third kappa shape index (κ3) is 3.69. The highest BCUT2D eigenvalue weighted by atomic mass is 16.5. The Kier molecular flexibility index (Phi) is 5.30. The van der Waals surface area contributed by atoms with Crippen LogP contribution in [-0.2, 0) is 0 Å². The first-order valence-corrected chi connectivity index (χ1v) is 10.6. The lowest BCUT2D eigenvalue weighted by atomic mass is 10.1. The molecule has 2 aromatic heterocycles. The van der Waals surface area contributed by atoms with Crippen LogP contribution < -0.4 is 10.1 Å². The van der Waals surface area contributed by atoms with Crippen LogP contribution in [0.3, 0.4) is 0 Å². The Bertz CT molecular complexity index is 1330. The maximum absolute atomic E-state index is 5.33. The van der Waals surface area contributed by atoms with E-state index in [4.69, 9.17) is 4.74 Å². The van der Waals surface area contributed by atoms with E-state index < -0.39 is 0 Å². The minimum Gasteiger partial charge on any atom is -0.497 e. The van der Waals surface area contributed by atoms with Gasteiger partial charge in [-0.25, -0.2) is 9.97 Å². The minimum absolute atomic E-state index is 0.0993. The molecular formula is C27H24N4O. The Morgan fingerprint density at radius 3 is 2.22 bits per heavy atom. The van der Waals surface area contributed by atoms with Crippen molar-refractivity contribution in [3.63, 3.8) is 0 Å². The minimum atomic E-state index is 0.0993. The number of hydrogen-bond acceptors (Lipinski definition) is 4. The van der Waals surface area contributed by atoms with E-state index in [1.165, 1.54) is 5.56 Å². The van der Waals surface area contributed by atoms with Crippen LogP contribution in [0.15, 0.2) is 97.5 Å². The van der Waals surface area contributed by atoms with E-state index in [2.05, 4.69) is 81.5 Å². The molecule has 0 saturated heterocycles. The molecular weight excluding hydrogens is 396 g/mol. The van der Waals surface area contributed by atoms with Gasteiger partial charge in [0, 0.05) is 23.5 Å². The molecule has 5 heteroatoms. The molecule has 0 bridgehead atoms. The fraction of sp³-hybridized carbons (Fsp3) is 0.111. The van der Waals surface area contributed by atoms with Crippen molar-refractivity contribution in [3.8, 4) is 22.6 Å². The molecule has 0 aliphatic heterocycles. The Labute approximate surface area is 187 Å². The first kappa shape index (κ1) is 19.8. The molecule has 0 aliphatic rings. The van der Waals surface area contributed by atoms with Gasteiger partial charge in [0.25, 0.3) is 0 Å². The van der Waals surface area contributed by atoms with Crippen LogP contribution >= 0.6 is 0 Å². The lowest BCUT2D eigenvalue weighted by Crippen LogP contribution is -2.08. The third-order valence-electron chi connectivity index (χ3n) is 5.67. The van der Waals surface area contributed by atoms with Crippen LogP contribution in [0.4, 0.5) is 5.82 Å². The van der Waals surface area contributed by atoms with Gasteiger partial charge in [-0.3, -0.25) is 0 Å². The van der Waals surface area contributed by atoms with E-state index >= 15 is 0 Å². The predicted molar refractivity (Wildman–Crippen MR) is 129 cm³/mol. The second kappa shape index (κ2) is 8.55. The maximum atomic E-state index is 5.33. The van der Waals surface area contributed by atoms with Gasteiger partial charge >= 0.3 is 0 Å². The Morgan fingerprint density at radius 2 is 1.53 bits per heavy atom. The van der Waals surface area contributed by atoms with Crippen molar-refractivity contribution in [1.29, 1.82) is 0 Å². The summed E-state index contributed by atoms with van der Waals surface area (Å²) in [6.07, 6.45) is 3.76. The fourth-order valence-electron chi connectivity index (χ4n) is 3.98. The van der Waals surface area contributed by atoms with Crippen molar-refractivity contribution < 1.29 is 4.74 Å². The van der Waals surface area contributed by atoms with Gasteiger partial charge in [0.2, 0.25) is 0 Å². The number of nitrogens with one attached hydrogen (secondary N) is 1. The van der Waals surface area contributed by atoms with E-state index in [0.717, 1.165) is 39.4 Å². The average molecular weight is 421 g/mol. The van der Waals surface area contributed by atoms with Crippen molar-refractivity contribution in [2.45, 2.75) is 13.0 Å². The molecule has 1 N–H and O–H groups in total. The number of methoxy groups -OCH3 is 1. The number of benzene rings is 3. The lowest BCUT2D eigenvalue weighted by molar-refractivity contribution is 0.415. The van der Waals surface area contributed by atoms with Crippen molar-refractivity contribution in [2.24, 2.45) is 0 Å². The van der Waals surface area contributed by atoms with Gasteiger partial charge in [-0.15, -0.1) is 0 Å². The Morgan fingerprint density at radius 1 is 0.844 bits per heavy atom. The summed E-state index contributed by atoms with van der Waals surface area (Å²) in [6, 6.07) is 28.8. The molecule has 0 amide bonds. The Hall–Kier alpha value is -4.12. The third-order valence-corrected chi connectivity index (χ3v) is 5.67. The lowest BCUT2D eigenvalue weighted by Gasteiger charge is -2.16. The summed E-state index contributed by atoms with van der Waals surface area (Å²) in [6.45, 7) is 2.14. The smallest absolute Gasteiger partial charge is 0.150 e.